The zero-order valence-corrected chi connectivity index (χ0v) is 19.0. The summed E-state index contributed by atoms with van der Waals surface area (Å²) in [7, 11) is 0. The number of aromatic nitrogens is 5. The van der Waals surface area contributed by atoms with Crippen molar-refractivity contribution in [3.63, 3.8) is 0 Å². The fourth-order valence-electron chi connectivity index (χ4n) is 5.21. The summed E-state index contributed by atoms with van der Waals surface area (Å²) in [5, 5.41) is 12.0. The highest BCUT2D eigenvalue weighted by Crippen LogP contribution is 2.36. The van der Waals surface area contributed by atoms with E-state index in [1.165, 1.54) is 37.8 Å². The summed E-state index contributed by atoms with van der Waals surface area (Å²) in [5.41, 5.74) is 4.15. The number of nitrogens with one attached hydrogen (secondary N) is 2. The highest BCUT2D eigenvalue weighted by molar-refractivity contribution is 5.91. The van der Waals surface area contributed by atoms with E-state index in [9.17, 15) is 4.39 Å². The number of benzene rings is 1. The van der Waals surface area contributed by atoms with E-state index in [-0.39, 0.29) is 5.82 Å². The van der Waals surface area contributed by atoms with E-state index in [0.29, 0.717) is 18.0 Å². The number of anilines is 2. The van der Waals surface area contributed by atoms with E-state index < -0.39 is 0 Å². The molecule has 3 aromatic heterocycles. The van der Waals surface area contributed by atoms with Crippen LogP contribution in [0.25, 0.3) is 28.0 Å². The fraction of sp³-hybridized carbons (Fsp3) is 0.385. The molecule has 8 heteroatoms. The SMILES string of the molecule is Fc1ccc(-c2nn3c(NC4CCCC4)nccc3c2-c2ccnc(NC3CCCC3)n2)cc1. The maximum atomic E-state index is 13.7. The van der Waals surface area contributed by atoms with Crippen LogP contribution in [0.2, 0.25) is 0 Å². The van der Waals surface area contributed by atoms with Gasteiger partial charge in [0, 0.05) is 30.0 Å². The zero-order valence-electron chi connectivity index (χ0n) is 19.0. The van der Waals surface area contributed by atoms with Crippen LogP contribution in [0.5, 0.6) is 0 Å². The predicted molar refractivity (Wildman–Crippen MR) is 131 cm³/mol. The summed E-state index contributed by atoms with van der Waals surface area (Å²) in [4.78, 5) is 13.9. The predicted octanol–water partition coefficient (Wildman–Crippen LogP) is 5.70. The molecule has 2 fully saturated rings. The molecule has 0 aliphatic heterocycles. The molecule has 0 radical (unpaired) electrons. The summed E-state index contributed by atoms with van der Waals surface area (Å²) >= 11 is 0. The van der Waals surface area contributed by atoms with Gasteiger partial charge in [-0.2, -0.15) is 9.61 Å². The van der Waals surface area contributed by atoms with E-state index in [4.69, 9.17) is 10.1 Å². The number of hydrogen-bond donors (Lipinski definition) is 2. The normalized spacial score (nSPS) is 17.0. The molecule has 174 valence electrons. The Labute approximate surface area is 197 Å². The van der Waals surface area contributed by atoms with E-state index in [1.807, 2.05) is 22.8 Å². The van der Waals surface area contributed by atoms with Crippen molar-refractivity contribution >= 4 is 17.4 Å². The second-order valence-corrected chi connectivity index (χ2v) is 9.31. The second-order valence-electron chi connectivity index (χ2n) is 9.31. The molecular formula is C26H28FN7. The Bertz CT molecular complexity index is 1290. The minimum absolute atomic E-state index is 0.274. The van der Waals surface area contributed by atoms with Crippen LogP contribution in [0.15, 0.2) is 48.8 Å². The molecule has 0 saturated heterocycles. The smallest absolute Gasteiger partial charge is 0.224 e. The van der Waals surface area contributed by atoms with Gasteiger partial charge in [-0.15, -0.1) is 0 Å². The third-order valence-corrected chi connectivity index (χ3v) is 6.96. The van der Waals surface area contributed by atoms with Gasteiger partial charge in [-0.05, 0) is 62.1 Å². The highest BCUT2D eigenvalue weighted by Gasteiger charge is 2.23. The van der Waals surface area contributed by atoms with Crippen LogP contribution >= 0.6 is 0 Å². The van der Waals surface area contributed by atoms with Crippen LogP contribution in [-0.2, 0) is 0 Å². The number of hydrogen-bond acceptors (Lipinski definition) is 6. The Balaban J connectivity index is 1.47. The van der Waals surface area contributed by atoms with E-state index in [1.54, 1.807) is 18.3 Å². The lowest BCUT2D eigenvalue weighted by Gasteiger charge is -2.13. The largest absolute Gasteiger partial charge is 0.351 e. The molecule has 1 aromatic carbocycles. The Morgan fingerprint density at radius 1 is 0.794 bits per heavy atom. The molecule has 0 bridgehead atoms. The maximum Gasteiger partial charge on any atom is 0.224 e. The maximum absolute atomic E-state index is 13.7. The molecule has 3 heterocycles. The van der Waals surface area contributed by atoms with Crippen LogP contribution < -0.4 is 10.6 Å². The molecule has 2 aliphatic rings. The monoisotopic (exact) mass is 457 g/mol. The topological polar surface area (TPSA) is 80.0 Å². The first kappa shape index (κ1) is 21.0. The third-order valence-electron chi connectivity index (χ3n) is 6.96. The van der Waals surface area contributed by atoms with Gasteiger partial charge in [-0.1, -0.05) is 25.7 Å². The van der Waals surface area contributed by atoms with Crippen molar-refractivity contribution in [2.75, 3.05) is 10.6 Å². The first-order valence-corrected chi connectivity index (χ1v) is 12.2. The Morgan fingerprint density at radius 3 is 2.21 bits per heavy atom. The van der Waals surface area contributed by atoms with Crippen LogP contribution in [0.1, 0.15) is 51.4 Å². The zero-order chi connectivity index (χ0) is 22.9. The van der Waals surface area contributed by atoms with Crippen molar-refractivity contribution in [3.8, 4) is 22.5 Å². The molecule has 0 spiro atoms. The van der Waals surface area contributed by atoms with E-state index in [2.05, 4.69) is 20.6 Å². The average molecular weight is 458 g/mol. The number of fused-ring (bicyclic) bond motifs is 1. The molecule has 2 saturated carbocycles. The highest BCUT2D eigenvalue weighted by atomic mass is 19.1. The minimum Gasteiger partial charge on any atom is -0.351 e. The van der Waals surface area contributed by atoms with Crippen molar-refractivity contribution in [3.05, 3.63) is 54.6 Å². The summed E-state index contributed by atoms with van der Waals surface area (Å²) in [6.07, 6.45) is 13.1. The summed E-state index contributed by atoms with van der Waals surface area (Å²) in [6, 6.07) is 11.1. The molecule has 7 nitrogen and oxygen atoms in total. The minimum atomic E-state index is -0.274. The molecule has 34 heavy (non-hydrogen) atoms. The fourth-order valence-corrected chi connectivity index (χ4v) is 5.21. The van der Waals surface area contributed by atoms with Gasteiger partial charge in [0.1, 0.15) is 11.5 Å². The van der Waals surface area contributed by atoms with Crippen LogP contribution in [0.3, 0.4) is 0 Å². The third kappa shape index (κ3) is 4.08. The van der Waals surface area contributed by atoms with Gasteiger partial charge in [0.05, 0.1) is 16.8 Å². The summed E-state index contributed by atoms with van der Waals surface area (Å²) < 4.78 is 15.6. The van der Waals surface area contributed by atoms with Gasteiger partial charge in [-0.3, -0.25) is 0 Å². The molecule has 0 atom stereocenters. The average Bonchev–Trinajstić information content (AvgIpc) is 3.61. The first-order chi connectivity index (χ1) is 16.7. The summed E-state index contributed by atoms with van der Waals surface area (Å²) in [6.45, 7) is 0. The van der Waals surface area contributed by atoms with Crippen LogP contribution in [-0.4, -0.2) is 36.6 Å². The Kier molecular flexibility index (Phi) is 5.57. The standard InChI is InChI=1S/C26H28FN7/c27-18-11-9-17(10-12-18)24-23(21-13-15-28-25(32-21)30-19-5-1-2-6-19)22-14-16-29-26(34(22)33-24)31-20-7-3-4-8-20/h9-16,19-20H,1-8H2,(H,29,31)(H,28,30,32). The van der Waals surface area contributed by atoms with Gasteiger partial charge < -0.3 is 10.6 Å². The van der Waals surface area contributed by atoms with Crippen molar-refractivity contribution in [2.45, 2.75) is 63.5 Å². The van der Waals surface area contributed by atoms with E-state index in [0.717, 1.165) is 59.7 Å². The lowest BCUT2D eigenvalue weighted by atomic mass is 10.0. The second kappa shape index (κ2) is 9.00. The molecule has 2 N–H and O–H groups in total. The molecule has 0 unspecified atom stereocenters. The van der Waals surface area contributed by atoms with Crippen molar-refractivity contribution in [1.29, 1.82) is 0 Å². The summed E-state index contributed by atoms with van der Waals surface area (Å²) in [5.74, 6) is 1.08. The molecular weight excluding hydrogens is 429 g/mol. The van der Waals surface area contributed by atoms with Crippen LogP contribution in [0, 0.1) is 5.82 Å². The lowest BCUT2D eigenvalue weighted by Crippen LogP contribution is -2.18. The van der Waals surface area contributed by atoms with Crippen molar-refractivity contribution in [2.24, 2.45) is 0 Å². The Hall–Kier alpha value is -3.55. The molecule has 2 aliphatic carbocycles. The van der Waals surface area contributed by atoms with Gasteiger partial charge in [0.25, 0.3) is 0 Å². The Morgan fingerprint density at radius 2 is 1.47 bits per heavy atom. The number of halogens is 1. The number of rotatable bonds is 6. The van der Waals surface area contributed by atoms with Crippen molar-refractivity contribution < 1.29 is 4.39 Å². The quantitative estimate of drug-likeness (QED) is 0.387. The van der Waals surface area contributed by atoms with Gasteiger partial charge in [0.2, 0.25) is 11.9 Å². The van der Waals surface area contributed by atoms with Gasteiger partial charge >= 0.3 is 0 Å². The number of nitrogens with zero attached hydrogens (tertiary/aromatic N) is 5. The van der Waals surface area contributed by atoms with Gasteiger partial charge in [-0.25, -0.2) is 19.3 Å². The first-order valence-electron chi connectivity index (χ1n) is 12.2. The van der Waals surface area contributed by atoms with Crippen LogP contribution in [0.4, 0.5) is 16.3 Å². The van der Waals surface area contributed by atoms with Crippen molar-refractivity contribution in [1.82, 2.24) is 24.6 Å². The molecule has 4 aromatic rings. The lowest BCUT2D eigenvalue weighted by molar-refractivity contribution is 0.628. The molecule has 0 amide bonds. The molecule has 6 rings (SSSR count). The van der Waals surface area contributed by atoms with Gasteiger partial charge in [0.15, 0.2) is 0 Å². The van der Waals surface area contributed by atoms with E-state index >= 15 is 0 Å².